The molecule has 0 aliphatic heterocycles. The summed E-state index contributed by atoms with van der Waals surface area (Å²) in [6.45, 7) is 0. The molecule has 12 heavy (non-hydrogen) atoms. The second-order valence-electron chi connectivity index (χ2n) is 2.02. The lowest BCUT2D eigenvalue weighted by atomic mass is 10.4. The number of aromatic nitrogens is 2. The average molecular weight is 204 g/mol. The highest BCUT2D eigenvalue weighted by atomic mass is 35.5. The van der Waals surface area contributed by atoms with Crippen LogP contribution in [0.4, 0.5) is 5.82 Å². The number of nitrogen functional groups attached to an aromatic ring is 1. The van der Waals surface area contributed by atoms with Gasteiger partial charge in [-0.1, -0.05) is 17.7 Å². The Kier molecular flexibility index (Phi) is 3.31. The molecule has 0 atom stereocenters. The van der Waals surface area contributed by atoms with E-state index in [0.29, 0.717) is 17.4 Å². The molecular weight excluding hydrogens is 197 g/mol. The van der Waals surface area contributed by atoms with Gasteiger partial charge in [0.05, 0.1) is 6.20 Å². The van der Waals surface area contributed by atoms with E-state index < -0.39 is 0 Å². The SMILES string of the molecule is Nc1nc(Cl)cnc1C=CCCl. The van der Waals surface area contributed by atoms with Crippen LogP contribution in [-0.2, 0) is 0 Å². The molecule has 0 aliphatic rings. The third kappa shape index (κ3) is 2.36. The zero-order valence-electron chi connectivity index (χ0n) is 6.17. The van der Waals surface area contributed by atoms with Crippen molar-refractivity contribution in [3.63, 3.8) is 0 Å². The van der Waals surface area contributed by atoms with Gasteiger partial charge in [-0.2, -0.15) is 0 Å². The van der Waals surface area contributed by atoms with Crippen LogP contribution in [0.5, 0.6) is 0 Å². The van der Waals surface area contributed by atoms with Crippen LogP contribution in [0.1, 0.15) is 5.69 Å². The molecule has 0 saturated carbocycles. The molecule has 0 saturated heterocycles. The predicted molar refractivity (Wildman–Crippen MR) is 51.2 cm³/mol. The lowest BCUT2D eigenvalue weighted by Crippen LogP contribution is -1.96. The second kappa shape index (κ2) is 4.28. The van der Waals surface area contributed by atoms with E-state index >= 15 is 0 Å². The molecule has 5 heteroatoms. The smallest absolute Gasteiger partial charge is 0.151 e. The maximum atomic E-state index is 5.55. The van der Waals surface area contributed by atoms with Crippen molar-refractivity contribution in [1.82, 2.24) is 9.97 Å². The van der Waals surface area contributed by atoms with Crippen LogP contribution in [0.2, 0.25) is 5.15 Å². The van der Waals surface area contributed by atoms with Crippen LogP contribution in [0.3, 0.4) is 0 Å². The summed E-state index contributed by atoms with van der Waals surface area (Å²) in [4.78, 5) is 7.76. The first-order valence-corrected chi connectivity index (χ1v) is 4.16. The van der Waals surface area contributed by atoms with Gasteiger partial charge in [0.25, 0.3) is 0 Å². The Morgan fingerprint density at radius 3 is 2.92 bits per heavy atom. The lowest BCUT2D eigenvalue weighted by Gasteiger charge is -1.97. The standard InChI is InChI=1S/C7H7Cl2N3/c8-3-1-2-5-7(10)12-6(9)4-11-5/h1-2,4H,3H2,(H2,10,12). The Hall–Kier alpha value is -0.800. The Balaban J connectivity index is 2.94. The molecule has 0 radical (unpaired) electrons. The molecule has 3 nitrogen and oxygen atoms in total. The fraction of sp³-hybridized carbons (Fsp3) is 0.143. The van der Waals surface area contributed by atoms with Gasteiger partial charge in [0, 0.05) is 5.88 Å². The summed E-state index contributed by atoms with van der Waals surface area (Å²) in [5.74, 6) is 0.730. The van der Waals surface area contributed by atoms with Gasteiger partial charge in [-0.05, 0) is 6.08 Å². The van der Waals surface area contributed by atoms with Crippen molar-refractivity contribution in [3.05, 3.63) is 23.1 Å². The first kappa shape index (κ1) is 9.29. The van der Waals surface area contributed by atoms with Crippen molar-refractivity contribution in [2.75, 3.05) is 11.6 Å². The monoisotopic (exact) mass is 203 g/mol. The molecule has 0 amide bonds. The summed E-state index contributed by atoms with van der Waals surface area (Å²) in [6.07, 6.45) is 4.87. The highest BCUT2D eigenvalue weighted by Gasteiger charge is 1.98. The number of hydrogen-bond acceptors (Lipinski definition) is 3. The minimum Gasteiger partial charge on any atom is -0.382 e. The van der Waals surface area contributed by atoms with Crippen LogP contribution >= 0.6 is 23.2 Å². The van der Waals surface area contributed by atoms with Crippen molar-refractivity contribution in [1.29, 1.82) is 0 Å². The molecule has 0 spiro atoms. The first-order valence-electron chi connectivity index (χ1n) is 3.24. The normalized spacial score (nSPS) is 10.8. The second-order valence-corrected chi connectivity index (χ2v) is 2.72. The van der Waals surface area contributed by atoms with E-state index in [-0.39, 0.29) is 5.15 Å². The van der Waals surface area contributed by atoms with E-state index in [1.165, 1.54) is 6.20 Å². The zero-order valence-corrected chi connectivity index (χ0v) is 7.68. The molecule has 0 aliphatic carbocycles. The Labute approximate surface area is 80.2 Å². The van der Waals surface area contributed by atoms with Crippen LogP contribution in [0.25, 0.3) is 6.08 Å². The van der Waals surface area contributed by atoms with Crippen molar-refractivity contribution in [2.45, 2.75) is 0 Å². The lowest BCUT2D eigenvalue weighted by molar-refractivity contribution is 1.19. The van der Waals surface area contributed by atoms with E-state index in [9.17, 15) is 0 Å². The van der Waals surface area contributed by atoms with Crippen molar-refractivity contribution >= 4 is 35.1 Å². The number of allylic oxidation sites excluding steroid dienone is 1. The van der Waals surface area contributed by atoms with Crippen LogP contribution in [0.15, 0.2) is 12.3 Å². The Bertz CT molecular complexity index is 299. The molecule has 0 aromatic carbocycles. The van der Waals surface area contributed by atoms with Gasteiger partial charge in [0.2, 0.25) is 0 Å². The summed E-state index contributed by atoms with van der Waals surface area (Å²) in [7, 11) is 0. The molecule has 0 bridgehead atoms. The van der Waals surface area contributed by atoms with Crippen LogP contribution in [-0.4, -0.2) is 15.8 Å². The van der Waals surface area contributed by atoms with Gasteiger partial charge in [0.1, 0.15) is 10.8 Å². The van der Waals surface area contributed by atoms with Crippen molar-refractivity contribution in [2.24, 2.45) is 0 Å². The molecule has 1 rings (SSSR count). The summed E-state index contributed by atoms with van der Waals surface area (Å²) >= 11 is 11.0. The van der Waals surface area contributed by atoms with Gasteiger partial charge in [-0.25, -0.2) is 9.97 Å². The van der Waals surface area contributed by atoms with E-state index in [1.54, 1.807) is 12.2 Å². The van der Waals surface area contributed by atoms with E-state index in [2.05, 4.69) is 9.97 Å². The molecule has 1 heterocycles. The quantitative estimate of drug-likeness (QED) is 0.749. The number of nitrogens with zero attached hydrogens (tertiary/aromatic N) is 2. The highest BCUT2D eigenvalue weighted by Crippen LogP contribution is 2.10. The number of halogens is 2. The summed E-state index contributed by atoms with van der Waals surface area (Å²) in [5, 5.41) is 0.288. The number of alkyl halides is 1. The summed E-state index contributed by atoms with van der Waals surface area (Å²) in [6, 6.07) is 0. The van der Waals surface area contributed by atoms with Gasteiger partial charge < -0.3 is 5.73 Å². The Morgan fingerprint density at radius 2 is 2.33 bits per heavy atom. The third-order valence-corrected chi connectivity index (χ3v) is 1.52. The minimum atomic E-state index is 0.288. The van der Waals surface area contributed by atoms with Crippen LogP contribution < -0.4 is 5.73 Å². The van der Waals surface area contributed by atoms with Gasteiger partial charge >= 0.3 is 0 Å². The highest BCUT2D eigenvalue weighted by molar-refractivity contribution is 6.29. The summed E-state index contributed by atoms with van der Waals surface area (Å²) < 4.78 is 0. The molecular formula is C7H7Cl2N3. The third-order valence-electron chi connectivity index (χ3n) is 1.16. The van der Waals surface area contributed by atoms with E-state index in [1.807, 2.05) is 0 Å². The molecule has 0 unspecified atom stereocenters. The van der Waals surface area contributed by atoms with Crippen LogP contribution in [0, 0.1) is 0 Å². The molecule has 1 aromatic heterocycles. The fourth-order valence-corrected chi connectivity index (χ4v) is 0.904. The van der Waals surface area contributed by atoms with E-state index in [0.717, 1.165) is 0 Å². The largest absolute Gasteiger partial charge is 0.382 e. The predicted octanol–water partition coefficient (Wildman–Crippen LogP) is 1.96. The Morgan fingerprint density at radius 1 is 1.58 bits per heavy atom. The topological polar surface area (TPSA) is 51.8 Å². The van der Waals surface area contributed by atoms with Gasteiger partial charge in [0.15, 0.2) is 5.82 Å². The molecule has 0 fully saturated rings. The zero-order chi connectivity index (χ0) is 8.97. The van der Waals surface area contributed by atoms with Gasteiger partial charge in [-0.3, -0.25) is 0 Å². The van der Waals surface area contributed by atoms with Crippen molar-refractivity contribution in [3.8, 4) is 0 Å². The van der Waals surface area contributed by atoms with Crippen molar-refractivity contribution < 1.29 is 0 Å². The van der Waals surface area contributed by atoms with Gasteiger partial charge in [-0.15, -0.1) is 11.6 Å². The number of nitrogens with two attached hydrogens (primary N) is 1. The number of rotatable bonds is 2. The average Bonchev–Trinajstić information content (AvgIpc) is 2.03. The first-order chi connectivity index (χ1) is 5.74. The number of hydrogen-bond donors (Lipinski definition) is 1. The minimum absolute atomic E-state index is 0.288. The fourth-order valence-electron chi connectivity index (χ4n) is 0.675. The molecule has 2 N–H and O–H groups in total. The number of anilines is 1. The summed E-state index contributed by atoms with van der Waals surface area (Å²) in [5.41, 5.74) is 6.09. The van der Waals surface area contributed by atoms with E-state index in [4.69, 9.17) is 28.9 Å². The molecule has 64 valence electrons. The maximum absolute atomic E-state index is 5.55. The maximum Gasteiger partial charge on any atom is 0.151 e. The molecule has 1 aromatic rings.